The van der Waals surface area contributed by atoms with Crippen molar-refractivity contribution in [3.05, 3.63) is 0 Å². The van der Waals surface area contributed by atoms with Crippen molar-refractivity contribution in [3.63, 3.8) is 0 Å². The van der Waals surface area contributed by atoms with Crippen LogP contribution < -0.4 is 5.32 Å². The Bertz CT molecular complexity index is 146. The van der Waals surface area contributed by atoms with Crippen molar-refractivity contribution in [2.24, 2.45) is 0 Å². The highest BCUT2D eigenvalue weighted by molar-refractivity contribution is 5.75. The van der Waals surface area contributed by atoms with Gasteiger partial charge < -0.3 is 9.84 Å². The smallest absolute Gasteiger partial charge is 0.322 e. The number of nitrogens with one attached hydrogen (secondary N) is 1. The summed E-state index contributed by atoms with van der Waals surface area (Å²) in [5.41, 5.74) is 0. The molecule has 0 aromatic heterocycles. The average molecular weight is 189 g/mol. The Kier molecular flexibility index (Phi) is 6.54. The minimum absolute atomic E-state index is 0.0283. The van der Waals surface area contributed by atoms with Gasteiger partial charge in [0.2, 0.25) is 0 Å². The van der Waals surface area contributed by atoms with E-state index < -0.39 is 0 Å². The molecule has 0 aliphatic heterocycles. The molecular weight excluding hydrogens is 170 g/mol. The lowest BCUT2D eigenvalue weighted by molar-refractivity contribution is -0.145. The number of aliphatic hydroxyl groups is 1. The number of rotatable bonds is 6. The highest BCUT2D eigenvalue weighted by Crippen LogP contribution is 1.94. The number of carbonyl (C=O) groups is 1. The van der Waals surface area contributed by atoms with Crippen LogP contribution in [0.25, 0.3) is 0 Å². The first-order valence-electron chi connectivity index (χ1n) is 4.69. The molecule has 0 bridgehead atoms. The number of hydrogen-bond donors (Lipinski definition) is 2. The quantitative estimate of drug-likeness (QED) is 0.590. The number of carbonyl (C=O) groups excluding carboxylic acids is 1. The van der Waals surface area contributed by atoms with Crippen LogP contribution in [-0.4, -0.2) is 36.4 Å². The van der Waals surface area contributed by atoms with Gasteiger partial charge in [0, 0.05) is 6.04 Å². The zero-order valence-corrected chi connectivity index (χ0v) is 8.54. The van der Waals surface area contributed by atoms with Gasteiger partial charge >= 0.3 is 5.97 Å². The molecule has 0 amide bonds. The van der Waals surface area contributed by atoms with Gasteiger partial charge in [0.05, 0.1) is 13.2 Å². The van der Waals surface area contributed by atoms with Crippen LogP contribution in [0.2, 0.25) is 0 Å². The molecule has 4 heteroatoms. The molecule has 0 aliphatic rings. The topological polar surface area (TPSA) is 58.6 Å². The highest BCUT2D eigenvalue weighted by atomic mass is 16.5. The van der Waals surface area contributed by atoms with Crippen LogP contribution in [0.15, 0.2) is 0 Å². The van der Waals surface area contributed by atoms with Gasteiger partial charge in [-0.15, -0.1) is 0 Å². The third-order valence-corrected chi connectivity index (χ3v) is 1.84. The molecule has 0 aromatic rings. The second kappa shape index (κ2) is 6.86. The Hall–Kier alpha value is -0.610. The van der Waals surface area contributed by atoms with Crippen molar-refractivity contribution in [3.8, 4) is 0 Å². The minimum atomic E-state index is -0.350. The molecule has 0 spiro atoms. The van der Waals surface area contributed by atoms with Crippen molar-refractivity contribution in [2.45, 2.75) is 39.3 Å². The van der Waals surface area contributed by atoms with E-state index in [4.69, 9.17) is 9.84 Å². The number of esters is 1. The van der Waals surface area contributed by atoms with Crippen molar-refractivity contribution >= 4 is 5.97 Å². The summed E-state index contributed by atoms with van der Waals surface area (Å²) in [6, 6.07) is -0.378. The summed E-state index contributed by atoms with van der Waals surface area (Å²) in [5, 5.41) is 11.8. The third kappa shape index (κ3) is 4.85. The van der Waals surface area contributed by atoms with Crippen molar-refractivity contribution in [1.82, 2.24) is 5.32 Å². The standard InChI is InChI=1S/C9H19NO3/c1-4-8(6-11)10-7(3)9(12)13-5-2/h7-8,10-11H,4-6H2,1-3H3. The fourth-order valence-electron chi connectivity index (χ4n) is 0.989. The number of ether oxygens (including phenoxy) is 1. The molecule has 13 heavy (non-hydrogen) atoms. The van der Waals surface area contributed by atoms with Crippen molar-refractivity contribution < 1.29 is 14.6 Å². The molecule has 78 valence electrons. The molecule has 0 rings (SSSR count). The van der Waals surface area contributed by atoms with E-state index in [1.807, 2.05) is 6.92 Å². The van der Waals surface area contributed by atoms with E-state index in [1.54, 1.807) is 13.8 Å². The van der Waals surface area contributed by atoms with E-state index in [0.717, 1.165) is 6.42 Å². The maximum absolute atomic E-state index is 11.1. The molecule has 0 radical (unpaired) electrons. The maximum atomic E-state index is 11.1. The van der Waals surface area contributed by atoms with Gasteiger partial charge in [0.1, 0.15) is 6.04 Å². The Labute approximate surface area is 79.3 Å². The van der Waals surface area contributed by atoms with Crippen LogP contribution in [0.3, 0.4) is 0 Å². The largest absolute Gasteiger partial charge is 0.465 e. The summed E-state index contributed by atoms with van der Waals surface area (Å²) in [6.45, 7) is 5.89. The molecule has 0 heterocycles. The molecule has 2 N–H and O–H groups in total. The molecule has 0 saturated carbocycles. The third-order valence-electron chi connectivity index (χ3n) is 1.84. The molecule has 4 nitrogen and oxygen atoms in total. The van der Waals surface area contributed by atoms with Crippen LogP contribution in [-0.2, 0) is 9.53 Å². The predicted molar refractivity (Wildman–Crippen MR) is 50.4 cm³/mol. The summed E-state index contributed by atoms with van der Waals surface area (Å²) in [6.07, 6.45) is 0.792. The van der Waals surface area contributed by atoms with E-state index in [9.17, 15) is 4.79 Å². The van der Waals surface area contributed by atoms with Gasteiger partial charge in [-0.1, -0.05) is 6.92 Å². The second-order valence-electron chi connectivity index (χ2n) is 2.93. The maximum Gasteiger partial charge on any atom is 0.322 e. The summed E-state index contributed by atoms with van der Waals surface area (Å²) in [7, 11) is 0. The van der Waals surface area contributed by atoms with E-state index in [1.165, 1.54) is 0 Å². The van der Waals surface area contributed by atoms with E-state index in [0.29, 0.717) is 6.61 Å². The first-order valence-corrected chi connectivity index (χ1v) is 4.69. The summed E-state index contributed by atoms with van der Waals surface area (Å²) in [5.74, 6) is -0.269. The van der Waals surface area contributed by atoms with Gasteiger partial charge in [-0.3, -0.25) is 10.1 Å². The van der Waals surface area contributed by atoms with Gasteiger partial charge in [-0.2, -0.15) is 0 Å². The average Bonchev–Trinajstić information content (AvgIpc) is 2.14. The van der Waals surface area contributed by atoms with E-state index >= 15 is 0 Å². The fraction of sp³-hybridized carbons (Fsp3) is 0.889. The van der Waals surface area contributed by atoms with Crippen LogP contribution in [0, 0.1) is 0 Å². The van der Waals surface area contributed by atoms with Crippen molar-refractivity contribution in [2.75, 3.05) is 13.2 Å². The number of aliphatic hydroxyl groups excluding tert-OH is 1. The van der Waals surface area contributed by atoms with Crippen LogP contribution >= 0.6 is 0 Å². The van der Waals surface area contributed by atoms with Gasteiger partial charge in [-0.25, -0.2) is 0 Å². The van der Waals surface area contributed by atoms with E-state index in [-0.39, 0.29) is 24.7 Å². The lowest BCUT2D eigenvalue weighted by atomic mass is 10.2. The van der Waals surface area contributed by atoms with Crippen LogP contribution in [0.1, 0.15) is 27.2 Å². The summed E-state index contributed by atoms with van der Waals surface area (Å²) < 4.78 is 4.81. The van der Waals surface area contributed by atoms with Gasteiger partial charge in [-0.05, 0) is 20.3 Å². The summed E-state index contributed by atoms with van der Waals surface area (Å²) in [4.78, 5) is 11.1. The predicted octanol–water partition coefficient (Wildman–Crippen LogP) is 0.299. The Morgan fingerprint density at radius 2 is 2.15 bits per heavy atom. The lowest BCUT2D eigenvalue weighted by Gasteiger charge is -2.18. The zero-order chi connectivity index (χ0) is 10.3. The SMILES string of the molecule is CCOC(=O)C(C)NC(CC)CO. The second-order valence-corrected chi connectivity index (χ2v) is 2.93. The van der Waals surface area contributed by atoms with Crippen molar-refractivity contribution in [1.29, 1.82) is 0 Å². The molecule has 0 aliphatic carbocycles. The Balaban J connectivity index is 3.82. The van der Waals surface area contributed by atoms with Gasteiger partial charge in [0.25, 0.3) is 0 Å². The first-order chi connectivity index (χ1) is 6.15. The molecule has 0 aromatic carbocycles. The molecule has 0 fully saturated rings. The Morgan fingerprint density at radius 1 is 1.54 bits per heavy atom. The summed E-state index contributed by atoms with van der Waals surface area (Å²) >= 11 is 0. The lowest BCUT2D eigenvalue weighted by Crippen LogP contribution is -2.43. The highest BCUT2D eigenvalue weighted by Gasteiger charge is 2.16. The fourth-order valence-corrected chi connectivity index (χ4v) is 0.989. The molecule has 0 saturated heterocycles. The first kappa shape index (κ1) is 12.4. The van der Waals surface area contributed by atoms with Gasteiger partial charge in [0.15, 0.2) is 0 Å². The van der Waals surface area contributed by atoms with Crippen LogP contribution in [0.4, 0.5) is 0 Å². The molecular formula is C9H19NO3. The molecule has 2 unspecified atom stereocenters. The minimum Gasteiger partial charge on any atom is -0.465 e. The zero-order valence-electron chi connectivity index (χ0n) is 8.54. The number of hydrogen-bond acceptors (Lipinski definition) is 4. The molecule has 2 atom stereocenters. The Morgan fingerprint density at radius 3 is 2.54 bits per heavy atom. The van der Waals surface area contributed by atoms with E-state index in [2.05, 4.69) is 5.32 Å². The van der Waals surface area contributed by atoms with Crippen LogP contribution in [0.5, 0.6) is 0 Å². The normalized spacial score (nSPS) is 15.1. The monoisotopic (exact) mass is 189 g/mol.